The number of rotatable bonds is 4. The molecule has 2 aromatic rings. The molecule has 0 aromatic heterocycles. The highest BCUT2D eigenvalue weighted by molar-refractivity contribution is 5.48. The highest BCUT2D eigenvalue weighted by Gasteiger charge is 2.48. The standard InChI is InChI=1S/C19H21F3N2/c20-19(21,22)18-17(12-11-15-7-3-1-4-8-15)24(14-13-23-18)16-9-5-2-6-10-16/h1-10,17-18,23H,11-14H2. The Kier molecular flexibility index (Phi) is 5.09. The van der Waals surface area contributed by atoms with Crippen LogP contribution in [0.4, 0.5) is 18.9 Å². The van der Waals surface area contributed by atoms with Crippen molar-refractivity contribution in [1.82, 2.24) is 5.32 Å². The summed E-state index contributed by atoms with van der Waals surface area (Å²) in [6.45, 7) is 0.914. The van der Waals surface area contributed by atoms with Gasteiger partial charge in [-0.25, -0.2) is 0 Å². The number of halogens is 3. The summed E-state index contributed by atoms with van der Waals surface area (Å²) in [7, 11) is 0. The Balaban J connectivity index is 1.83. The van der Waals surface area contributed by atoms with Crippen molar-refractivity contribution in [3.8, 4) is 0 Å². The SMILES string of the molecule is FC(F)(F)C1NCCN(c2ccccc2)C1CCc1ccccc1. The van der Waals surface area contributed by atoms with E-state index in [4.69, 9.17) is 0 Å². The fourth-order valence-corrected chi connectivity index (χ4v) is 3.38. The minimum atomic E-state index is -4.26. The second kappa shape index (κ2) is 7.26. The Morgan fingerprint density at radius 1 is 0.958 bits per heavy atom. The molecule has 0 radical (unpaired) electrons. The Labute approximate surface area is 140 Å². The highest BCUT2D eigenvalue weighted by atomic mass is 19.4. The van der Waals surface area contributed by atoms with Crippen molar-refractivity contribution in [3.05, 3.63) is 66.2 Å². The van der Waals surface area contributed by atoms with Crippen molar-refractivity contribution < 1.29 is 13.2 Å². The lowest BCUT2D eigenvalue weighted by Crippen LogP contribution is -2.63. The summed E-state index contributed by atoms with van der Waals surface area (Å²) in [6, 6.07) is 17.0. The van der Waals surface area contributed by atoms with E-state index in [9.17, 15) is 13.2 Å². The Hall–Kier alpha value is -2.01. The molecule has 2 aromatic carbocycles. The first-order valence-electron chi connectivity index (χ1n) is 8.21. The van der Waals surface area contributed by atoms with Gasteiger partial charge in [0, 0.05) is 18.8 Å². The van der Waals surface area contributed by atoms with Gasteiger partial charge in [0.15, 0.2) is 0 Å². The summed E-state index contributed by atoms with van der Waals surface area (Å²) >= 11 is 0. The van der Waals surface area contributed by atoms with Crippen molar-refractivity contribution >= 4 is 5.69 Å². The molecule has 1 aliphatic rings. The predicted molar refractivity (Wildman–Crippen MR) is 90.2 cm³/mol. The van der Waals surface area contributed by atoms with Gasteiger partial charge in [-0.1, -0.05) is 48.5 Å². The molecule has 1 N–H and O–H groups in total. The van der Waals surface area contributed by atoms with Crippen molar-refractivity contribution in [2.75, 3.05) is 18.0 Å². The van der Waals surface area contributed by atoms with Crippen LogP contribution in [0.2, 0.25) is 0 Å². The van der Waals surface area contributed by atoms with Crippen molar-refractivity contribution in [1.29, 1.82) is 0 Å². The number of hydrogen-bond acceptors (Lipinski definition) is 2. The maximum absolute atomic E-state index is 13.5. The summed E-state index contributed by atoms with van der Waals surface area (Å²) in [5, 5.41) is 2.68. The number of aryl methyl sites for hydroxylation is 1. The number of hydrogen-bond donors (Lipinski definition) is 1. The summed E-state index contributed by atoms with van der Waals surface area (Å²) < 4.78 is 40.6. The fraction of sp³-hybridized carbons (Fsp3) is 0.368. The first kappa shape index (κ1) is 16.8. The van der Waals surface area contributed by atoms with E-state index in [2.05, 4.69) is 5.32 Å². The molecule has 1 heterocycles. The van der Waals surface area contributed by atoms with Crippen molar-refractivity contribution in [2.45, 2.75) is 31.1 Å². The van der Waals surface area contributed by atoms with Gasteiger partial charge in [0.2, 0.25) is 0 Å². The van der Waals surface area contributed by atoms with Crippen LogP contribution in [0.15, 0.2) is 60.7 Å². The van der Waals surface area contributed by atoms with Gasteiger partial charge in [-0.15, -0.1) is 0 Å². The van der Waals surface area contributed by atoms with Crippen LogP contribution >= 0.6 is 0 Å². The lowest BCUT2D eigenvalue weighted by Gasteiger charge is -2.44. The van der Waals surface area contributed by atoms with Crippen LogP contribution in [0.5, 0.6) is 0 Å². The van der Waals surface area contributed by atoms with Gasteiger partial charge in [-0.3, -0.25) is 0 Å². The minimum absolute atomic E-state index is 0.334. The first-order chi connectivity index (χ1) is 11.6. The van der Waals surface area contributed by atoms with Crippen LogP contribution in [-0.2, 0) is 6.42 Å². The molecular weight excluding hydrogens is 313 g/mol. The molecule has 1 aliphatic heterocycles. The number of benzene rings is 2. The summed E-state index contributed by atoms with van der Waals surface area (Å²) in [4.78, 5) is 1.90. The molecule has 128 valence electrons. The van der Waals surface area contributed by atoms with Crippen LogP contribution in [0, 0.1) is 0 Å². The van der Waals surface area contributed by atoms with Crippen molar-refractivity contribution in [2.24, 2.45) is 0 Å². The van der Waals surface area contributed by atoms with Gasteiger partial charge >= 0.3 is 6.18 Å². The van der Waals surface area contributed by atoms with E-state index in [-0.39, 0.29) is 0 Å². The zero-order chi connectivity index (χ0) is 17.0. The molecule has 5 heteroatoms. The molecule has 2 atom stereocenters. The third-order valence-electron chi connectivity index (χ3n) is 4.51. The fourth-order valence-electron chi connectivity index (χ4n) is 3.38. The predicted octanol–water partition coefficient (Wildman–Crippen LogP) is 4.03. The number of nitrogens with one attached hydrogen (secondary N) is 1. The minimum Gasteiger partial charge on any atom is -0.365 e. The highest BCUT2D eigenvalue weighted by Crippen LogP contribution is 2.32. The molecule has 1 fully saturated rings. The normalized spacial score (nSPS) is 21.7. The summed E-state index contributed by atoms with van der Waals surface area (Å²) in [6.07, 6.45) is -3.17. The number of anilines is 1. The lowest BCUT2D eigenvalue weighted by atomic mass is 9.95. The van der Waals surface area contributed by atoms with Crippen LogP contribution in [-0.4, -0.2) is 31.3 Å². The van der Waals surface area contributed by atoms with E-state index in [0.29, 0.717) is 25.9 Å². The number of para-hydroxylation sites is 1. The number of nitrogens with zero attached hydrogens (tertiary/aromatic N) is 1. The quantitative estimate of drug-likeness (QED) is 0.908. The third kappa shape index (κ3) is 3.90. The summed E-state index contributed by atoms with van der Waals surface area (Å²) in [5.74, 6) is 0. The second-order valence-corrected chi connectivity index (χ2v) is 6.09. The number of piperazine rings is 1. The number of alkyl halides is 3. The second-order valence-electron chi connectivity index (χ2n) is 6.09. The molecule has 1 saturated heterocycles. The van der Waals surface area contributed by atoms with Crippen LogP contribution in [0.25, 0.3) is 0 Å². The Morgan fingerprint density at radius 3 is 2.21 bits per heavy atom. The van der Waals surface area contributed by atoms with E-state index in [1.165, 1.54) is 0 Å². The van der Waals surface area contributed by atoms with Crippen LogP contribution < -0.4 is 10.2 Å². The van der Waals surface area contributed by atoms with Gasteiger partial charge in [0.25, 0.3) is 0 Å². The van der Waals surface area contributed by atoms with E-state index >= 15 is 0 Å². The van der Waals surface area contributed by atoms with E-state index in [0.717, 1.165) is 11.3 Å². The molecule has 0 aliphatic carbocycles. The maximum Gasteiger partial charge on any atom is 0.405 e. The van der Waals surface area contributed by atoms with Crippen molar-refractivity contribution in [3.63, 3.8) is 0 Å². The van der Waals surface area contributed by atoms with Crippen LogP contribution in [0.1, 0.15) is 12.0 Å². The monoisotopic (exact) mass is 334 g/mol. The molecule has 3 rings (SSSR count). The van der Waals surface area contributed by atoms with Gasteiger partial charge < -0.3 is 10.2 Å². The molecule has 0 spiro atoms. The Bertz CT molecular complexity index is 628. The van der Waals surface area contributed by atoms with E-state index in [1.807, 2.05) is 65.6 Å². The smallest absolute Gasteiger partial charge is 0.365 e. The zero-order valence-electron chi connectivity index (χ0n) is 13.3. The lowest BCUT2D eigenvalue weighted by molar-refractivity contribution is -0.163. The van der Waals surface area contributed by atoms with Gasteiger partial charge in [0.1, 0.15) is 6.04 Å². The molecule has 0 bridgehead atoms. The molecule has 2 nitrogen and oxygen atoms in total. The van der Waals surface area contributed by atoms with E-state index in [1.54, 1.807) is 0 Å². The van der Waals surface area contributed by atoms with Gasteiger partial charge in [0.05, 0.1) is 6.04 Å². The third-order valence-corrected chi connectivity index (χ3v) is 4.51. The van der Waals surface area contributed by atoms with E-state index < -0.39 is 18.3 Å². The molecule has 2 unspecified atom stereocenters. The largest absolute Gasteiger partial charge is 0.405 e. The molecular formula is C19H21F3N2. The first-order valence-corrected chi connectivity index (χ1v) is 8.21. The zero-order valence-corrected chi connectivity index (χ0v) is 13.3. The topological polar surface area (TPSA) is 15.3 Å². The molecule has 24 heavy (non-hydrogen) atoms. The Morgan fingerprint density at radius 2 is 1.58 bits per heavy atom. The van der Waals surface area contributed by atoms with Gasteiger partial charge in [-0.2, -0.15) is 13.2 Å². The molecule has 0 amide bonds. The maximum atomic E-state index is 13.5. The average Bonchev–Trinajstić information content (AvgIpc) is 2.60. The van der Waals surface area contributed by atoms with Gasteiger partial charge in [-0.05, 0) is 30.5 Å². The molecule has 0 saturated carbocycles. The van der Waals surface area contributed by atoms with Crippen LogP contribution in [0.3, 0.4) is 0 Å². The summed E-state index contributed by atoms with van der Waals surface area (Å²) in [5.41, 5.74) is 1.92. The average molecular weight is 334 g/mol.